The second kappa shape index (κ2) is 8.21. The molecule has 0 aliphatic carbocycles. The molecule has 108 valence electrons. The van der Waals surface area contributed by atoms with Crippen molar-refractivity contribution >= 4 is 0 Å². The third-order valence-electron chi connectivity index (χ3n) is 3.42. The average molecular weight is 263 g/mol. The van der Waals surface area contributed by atoms with Gasteiger partial charge in [-0.1, -0.05) is 39.3 Å². The predicted octanol–water partition coefficient (Wildman–Crippen LogP) is 4.56. The standard InChI is InChI=1S/C17H29NO/c1-6-11-18-17(14(5)7-2)15-9-8-10-16(12-15)19-13(3)4/h8-10,12-14,17-18H,6-7,11H2,1-5H3. The monoisotopic (exact) mass is 263 g/mol. The van der Waals surface area contributed by atoms with Crippen LogP contribution in [0.15, 0.2) is 24.3 Å². The van der Waals surface area contributed by atoms with Crippen molar-refractivity contribution in [1.82, 2.24) is 5.32 Å². The third kappa shape index (κ3) is 5.23. The van der Waals surface area contributed by atoms with Gasteiger partial charge in [0.2, 0.25) is 0 Å². The Morgan fingerprint density at radius 1 is 1.16 bits per heavy atom. The van der Waals surface area contributed by atoms with Crippen molar-refractivity contribution in [1.29, 1.82) is 0 Å². The maximum absolute atomic E-state index is 5.80. The number of nitrogens with one attached hydrogen (secondary N) is 1. The fraction of sp³-hybridized carbons (Fsp3) is 0.647. The molecule has 0 saturated heterocycles. The molecule has 0 fully saturated rings. The number of hydrogen-bond acceptors (Lipinski definition) is 2. The van der Waals surface area contributed by atoms with Crippen LogP contribution in [-0.4, -0.2) is 12.6 Å². The Kier molecular flexibility index (Phi) is 6.93. The van der Waals surface area contributed by atoms with E-state index in [1.165, 1.54) is 12.0 Å². The van der Waals surface area contributed by atoms with E-state index in [1.54, 1.807) is 0 Å². The summed E-state index contributed by atoms with van der Waals surface area (Å²) in [5.74, 6) is 1.60. The number of benzene rings is 1. The molecule has 0 heterocycles. The summed E-state index contributed by atoms with van der Waals surface area (Å²) in [4.78, 5) is 0. The molecule has 2 atom stereocenters. The van der Waals surface area contributed by atoms with Crippen LogP contribution >= 0.6 is 0 Å². The maximum atomic E-state index is 5.80. The van der Waals surface area contributed by atoms with Gasteiger partial charge in [0.05, 0.1) is 6.10 Å². The minimum absolute atomic E-state index is 0.223. The van der Waals surface area contributed by atoms with E-state index < -0.39 is 0 Å². The molecule has 1 N–H and O–H groups in total. The Morgan fingerprint density at radius 2 is 1.89 bits per heavy atom. The molecule has 1 rings (SSSR count). The van der Waals surface area contributed by atoms with E-state index in [-0.39, 0.29) is 6.10 Å². The lowest BCUT2D eigenvalue weighted by atomic mass is 9.92. The lowest BCUT2D eigenvalue weighted by molar-refractivity contribution is 0.241. The highest BCUT2D eigenvalue weighted by Crippen LogP contribution is 2.27. The predicted molar refractivity (Wildman–Crippen MR) is 82.7 cm³/mol. The average Bonchev–Trinajstić information content (AvgIpc) is 2.38. The molecule has 0 amide bonds. The smallest absolute Gasteiger partial charge is 0.120 e. The zero-order chi connectivity index (χ0) is 14.3. The summed E-state index contributed by atoms with van der Waals surface area (Å²) in [5, 5.41) is 3.66. The van der Waals surface area contributed by atoms with Crippen LogP contribution in [-0.2, 0) is 0 Å². The van der Waals surface area contributed by atoms with Crippen LogP contribution in [0.2, 0.25) is 0 Å². The van der Waals surface area contributed by atoms with Crippen molar-refractivity contribution in [3.63, 3.8) is 0 Å². The SMILES string of the molecule is CCCNC(c1cccc(OC(C)C)c1)C(C)CC. The highest BCUT2D eigenvalue weighted by atomic mass is 16.5. The van der Waals surface area contributed by atoms with Gasteiger partial charge in [0.15, 0.2) is 0 Å². The van der Waals surface area contributed by atoms with Crippen LogP contribution in [0, 0.1) is 5.92 Å². The molecular formula is C17H29NO. The number of ether oxygens (including phenoxy) is 1. The third-order valence-corrected chi connectivity index (χ3v) is 3.42. The molecule has 19 heavy (non-hydrogen) atoms. The van der Waals surface area contributed by atoms with Crippen LogP contribution < -0.4 is 10.1 Å². The summed E-state index contributed by atoms with van der Waals surface area (Å²) in [5.41, 5.74) is 1.33. The first-order valence-electron chi connectivity index (χ1n) is 7.58. The topological polar surface area (TPSA) is 21.3 Å². The lowest BCUT2D eigenvalue weighted by Gasteiger charge is -2.25. The van der Waals surface area contributed by atoms with Crippen molar-refractivity contribution in [3.8, 4) is 5.75 Å². The van der Waals surface area contributed by atoms with E-state index in [4.69, 9.17) is 4.74 Å². The van der Waals surface area contributed by atoms with Gasteiger partial charge in [-0.25, -0.2) is 0 Å². The largest absolute Gasteiger partial charge is 0.491 e. The van der Waals surface area contributed by atoms with Gasteiger partial charge in [-0.2, -0.15) is 0 Å². The molecule has 0 aliphatic heterocycles. The van der Waals surface area contributed by atoms with E-state index in [2.05, 4.69) is 58.1 Å². The second-order valence-electron chi connectivity index (χ2n) is 5.56. The Morgan fingerprint density at radius 3 is 2.47 bits per heavy atom. The Labute approximate surface area is 118 Å². The summed E-state index contributed by atoms with van der Waals surface area (Å²) >= 11 is 0. The molecule has 1 aromatic carbocycles. The fourth-order valence-corrected chi connectivity index (χ4v) is 2.24. The minimum atomic E-state index is 0.223. The van der Waals surface area contributed by atoms with E-state index >= 15 is 0 Å². The van der Waals surface area contributed by atoms with Crippen molar-refractivity contribution < 1.29 is 4.74 Å². The van der Waals surface area contributed by atoms with Crippen LogP contribution in [0.25, 0.3) is 0 Å². The molecule has 0 saturated carbocycles. The van der Waals surface area contributed by atoms with Crippen molar-refractivity contribution in [2.45, 2.75) is 59.6 Å². The van der Waals surface area contributed by atoms with Gasteiger partial charge in [0.25, 0.3) is 0 Å². The molecule has 0 radical (unpaired) electrons. The Balaban J connectivity index is 2.88. The van der Waals surface area contributed by atoms with Gasteiger partial charge in [0, 0.05) is 6.04 Å². The molecule has 2 heteroatoms. The van der Waals surface area contributed by atoms with Gasteiger partial charge in [0.1, 0.15) is 5.75 Å². The van der Waals surface area contributed by atoms with E-state index in [9.17, 15) is 0 Å². The van der Waals surface area contributed by atoms with Gasteiger partial charge >= 0.3 is 0 Å². The van der Waals surface area contributed by atoms with Gasteiger partial charge in [-0.05, 0) is 50.4 Å². The van der Waals surface area contributed by atoms with E-state index in [1.807, 2.05) is 6.07 Å². The molecule has 2 unspecified atom stereocenters. The van der Waals surface area contributed by atoms with E-state index in [0.29, 0.717) is 12.0 Å². The van der Waals surface area contributed by atoms with Crippen LogP contribution in [0.3, 0.4) is 0 Å². The van der Waals surface area contributed by atoms with Gasteiger partial charge in [-0.3, -0.25) is 0 Å². The number of rotatable bonds is 8. The first kappa shape index (κ1) is 16.0. The highest BCUT2D eigenvalue weighted by molar-refractivity contribution is 5.31. The molecule has 2 nitrogen and oxygen atoms in total. The molecule has 1 aromatic rings. The summed E-state index contributed by atoms with van der Waals surface area (Å²) < 4.78 is 5.80. The van der Waals surface area contributed by atoms with Crippen molar-refractivity contribution in [2.75, 3.05) is 6.54 Å². The minimum Gasteiger partial charge on any atom is -0.491 e. The van der Waals surface area contributed by atoms with Gasteiger partial charge in [-0.15, -0.1) is 0 Å². The van der Waals surface area contributed by atoms with Gasteiger partial charge < -0.3 is 10.1 Å². The Hall–Kier alpha value is -1.02. The lowest BCUT2D eigenvalue weighted by Crippen LogP contribution is -2.27. The van der Waals surface area contributed by atoms with Crippen molar-refractivity contribution in [3.05, 3.63) is 29.8 Å². The first-order valence-corrected chi connectivity index (χ1v) is 7.58. The summed E-state index contributed by atoms with van der Waals surface area (Å²) in [6.07, 6.45) is 2.56. The highest BCUT2D eigenvalue weighted by Gasteiger charge is 2.17. The first-order chi connectivity index (χ1) is 9.08. The molecule has 0 spiro atoms. The number of hydrogen-bond donors (Lipinski definition) is 1. The van der Waals surface area contributed by atoms with Crippen LogP contribution in [0.4, 0.5) is 0 Å². The zero-order valence-corrected chi connectivity index (χ0v) is 13.1. The van der Waals surface area contributed by atoms with Crippen LogP contribution in [0.1, 0.15) is 59.1 Å². The fourth-order valence-electron chi connectivity index (χ4n) is 2.24. The molecule has 0 aromatic heterocycles. The normalized spacial score (nSPS) is 14.4. The van der Waals surface area contributed by atoms with Crippen molar-refractivity contribution in [2.24, 2.45) is 5.92 Å². The quantitative estimate of drug-likeness (QED) is 0.742. The summed E-state index contributed by atoms with van der Waals surface area (Å²) in [6.45, 7) is 12.0. The molecule has 0 aliphatic rings. The summed E-state index contributed by atoms with van der Waals surface area (Å²) in [6, 6.07) is 8.93. The Bertz CT molecular complexity index is 362. The second-order valence-corrected chi connectivity index (χ2v) is 5.56. The van der Waals surface area contributed by atoms with Crippen LogP contribution in [0.5, 0.6) is 5.75 Å². The summed E-state index contributed by atoms with van der Waals surface area (Å²) in [7, 11) is 0. The molecule has 0 bridgehead atoms. The molecular weight excluding hydrogens is 234 g/mol. The zero-order valence-electron chi connectivity index (χ0n) is 13.1. The maximum Gasteiger partial charge on any atom is 0.120 e. The van der Waals surface area contributed by atoms with E-state index in [0.717, 1.165) is 18.7 Å².